The summed E-state index contributed by atoms with van der Waals surface area (Å²) in [5.41, 5.74) is 5.13. The highest BCUT2D eigenvalue weighted by molar-refractivity contribution is 8.07. The molecule has 0 saturated carbocycles. The van der Waals surface area contributed by atoms with E-state index in [0.29, 0.717) is 6.04 Å². The molecule has 2 aromatic rings. The molecular weight excluding hydrogens is 354 g/mol. The lowest BCUT2D eigenvalue weighted by Gasteiger charge is -2.25. The molecule has 1 unspecified atom stereocenters. The third-order valence-corrected chi connectivity index (χ3v) is 6.58. The van der Waals surface area contributed by atoms with Gasteiger partial charge in [0.15, 0.2) is 0 Å². The van der Waals surface area contributed by atoms with Gasteiger partial charge in [-0.05, 0) is 42.2 Å². The zero-order valence-corrected chi connectivity index (χ0v) is 16.6. The molecule has 1 aliphatic heterocycles. The second kappa shape index (κ2) is 7.26. The smallest absolute Gasteiger partial charge is 0.0771 e. The standard InChI is InChI=1S/C23H21NS2/c1-16-8-10-17(11-9-16)19-12-13-22-20(14-19)24(2)23(26-22)15-21(25)18-6-4-3-5-7-18/h3-13,15,20H,14H2,1-2H3. The van der Waals surface area contributed by atoms with Crippen molar-refractivity contribution in [1.29, 1.82) is 0 Å². The number of nitrogens with zero attached hydrogens (tertiary/aromatic N) is 1. The van der Waals surface area contributed by atoms with Crippen molar-refractivity contribution in [2.45, 2.75) is 19.4 Å². The first kappa shape index (κ1) is 17.3. The van der Waals surface area contributed by atoms with Gasteiger partial charge in [0.05, 0.1) is 11.1 Å². The molecule has 130 valence electrons. The highest BCUT2D eigenvalue weighted by Crippen LogP contribution is 2.46. The largest absolute Gasteiger partial charge is 0.361 e. The summed E-state index contributed by atoms with van der Waals surface area (Å²) in [6, 6.07) is 19.5. The molecule has 1 aliphatic carbocycles. The van der Waals surface area contributed by atoms with Crippen molar-refractivity contribution in [2.24, 2.45) is 0 Å². The third kappa shape index (κ3) is 3.42. The van der Waals surface area contributed by atoms with Crippen LogP contribution in [0.1, 0.15) is 23.1 Å². The van der Waals surface area contributed by atoms with Gasteiger partial charge in [0, 0.05) is 16.8 Å². The van der Waals surface area contributed by atoms with Gasteiger partial charge in [0.2, 0.25) is 0 Å². The summed E-state index contributed by atoms with van der Waals surface area (Å²) in [7, 11) is 2.18. The number of thioether (sulfide) groups is 1. The zero-order chi connectivity index (χ0) is 18.1. The lowest BCUT2D eigenvalue weighted by atomic mass is 9.93. The van der Waals surface area contributed by atoms with Crippen molar-refractivity contribution >= 4 is 34.4 Å². The van der Waals surface area contributed by atoms with Gasteiger partial charge in [0.25, 0.3) is 0 Å². The summed E-state index contributed by atoms with van der Waals surface area (Å²) in [4.78, 5) is 4.67. The summed E-state index contributed by atoms with van der Waals surface area (Å²) in [6.45, 7) is 2.13. The van der Waals surface area contributed by atoms with E-state index in [1.807, 2.05) is 30.0 Å². The van der Waals surface area contributed by atoms with Crippen molar-refractivity contribution in [2.75, 3.05) is 7.05 Å². The Morgan fingerprint density at radius 1 is 1.08 bits per heavy atom. The Hall–Kier alpha value is -2.10. The van der Waals surface area contributed by atoms with Gasteiger partial charge in [-0.2, -0.15) is 0 Å². The van der Waals surface area contributed by atoms with E-state index in [-0.39, 0.29) is 0 Å². The van der Waals surface area contributed by atoms with Crippen molar-refractivity contribution in [3.63, 3.8) is 0 Å². The van der Waals surface area contributed by atoms with E-state index in [0.717, 1.165) is 16.8 Å². The fraction of sp³-hybridized carbons (Fsp3) is 0.174. The Bertz CT molecular complexity index is 920. The summed E-state index contributed by atoms with van der Waals surface area (Å²) < 4.78 is 0. The number of thiocarbonyl (C=S) groups is 1. The minimum atomic E-state index is 0.408. The maximum Gasteiger partial charge on any atom is 0.0771 e. The fourth-order valence-corrected chi connectivity index (χ4v) is 4.88. The summed E-state index contributed by atoms with van der Waals surface area (Å²) in [6.07, 6.45) is 7.72. The first-order valence-corrected chi connectivity index (χ1v) is 10.0. The molecule has 2 aromatic carbocycles. The van der Waals surface area contributed by atoms with Crippen LogP contribution in [0.15, 0.2) is 82.8 Å². The van der Waals surface area contributed by atoms with Crippen LogP contribution in [0.5, 0.6) is 0 Å². The molecule has 1 heterocycles. The average molecular weight is 376 g/mol. The SMILES string of the molecule is Cc1ccc(C2=CC=C3SC(=CC(=S)c4ccccc4)N(C)C3C2)cc1. The van der Waals surface area contributed by atoms with E-state index < -0.39 is 0 Å². The quantitative estimate of drug-likeness (QED) is 0.369. The molecule has 0 radical (unpaired) electrons. The molecule has 0 N–H and O–H groups in total. The minimum Gasteiger partial charge on any atom is -0.361 e. The topological polar surface area (TPSA) is 3.24 Å². The second-order valence-electron chi connectivity index (χ2n) is 6.77. The number of hydrogen-bond acceptors (Lipinski definition) is 3. The van der Waals surface area contributed by atoms with E-state index in [2.05, 4.69) is 73.5 Å². The van der Waals surface area contributed by atoms with Crippen molar-refractivity contribution in [1.82, 2.24) is 4.90 Å². The highest BCUT2D eigenvalue weighted by atomic mass is 32.2. The van der Waals surface area contributed by atoms with E-state index in [1.54, 1.807) is 0 Å². The molecule has 1 saturated heterocycles. The van der Waals surface area contributed by atoms with Gasteiger partial charge in [-0.1, -0.05) is 90.2 Å². The first-order chi connectivity index (χ1) is 12.6. The maximum atomic E-state index is 5.64. The number of hydrogen-bond donors (Lipinski definition) is 0. The molecule has 0 amide bonds. The van der Waals surface area contributed by atoms with Crippen molar-refractivity contribution < 1.29 is 0 Å². The Morgan fingerprint density at radius 3 is 2.54 bits per heavy atom. The Kier molecular flexibility index (Phi) is 4.84. The predicted octanol–water partition coefficient (Wildman–Crippen LogP) is 5.97. The van der Waals surface area contributed by atoms with Crippen LogP contribution in [0.25, 0.3) is 5.57 Å². The Morgan fingerprint density at radius 2 is 1.81 bits per heavy atom. The number of allylic oxidation sites excluding steroid dienone is 3. The van der Waals surface area contributed by atoms with Crippen LogP contribution < -0.4 is 0 Å². The van der Waals surface area contributed by atoms with Crippen LogP contribution in [-0.2, 0) is 0 Å². The van der Waals surface area contributed by atoms with Crippen LogP contribution in [0.4, 0.5) is 0 Å². The predicted molar refractivity (Wildman–Crippen MR) is 117 cm³/mol. The molecule has 26 heavy (non-hydrogen) atoms. The average Bonchev–Trinajstić information content (AvgIpc) is 2.98. The van der Waals surface area contributed by atoms with Gasteiger partial charge < -0.3 is 4.90 Å². The molecule has 0 bridgehead atoms. The number of benzene rings is 2. The lowest BCUT2D eigenvalue weighted by Crippen LogP contribution is -2.26. The van der Waals surface area contributed by atoms with Crippen LogP contribution in [0, 0.1) is 6.92 Å². The van der Waals surface area contributed by atoms with Gasteiger partial charge in [0.1, 0.15) is 0 Å². The molecule has 0 spiro atoms. The number of aryl methyl sites for hydroxylation is 1. The monoisotopic (exact) mass is 375 g/mol. The number of rotatable bonds is 3. The lowest BCUT2D eigenvalue weighted by molar-refractivity contribution is 0.387. The zero-order valence-electron chi connectivity index (χ0n) is 15.0. The van der Waals surface area contributed by atoms with E-state index in [4.69, 9.17) is 12.2 Å². The number of likely N-dealkylation sites (N-methyl/N-ethyl adjacent to an activating group) is 1. The second-order valence-corrected chi connectivity index (χ2v) is 8.31. The summed E-state index contributed by atoms with van der Waals surface area (Å²) >= 11 is 7.48. The number of fused-ring (bicyclic) bond motifs is 1. The van der Waals surface area contributed by atoms with Gasteiger partial charge in [-0.15, -0.1) is 0 Å². The minimum absolute atomic E-state index is 0.408. The molecule has 3 heteroatoms. The van der Waals surface area contributed by atoms with Gasteiger partial charge in [-0.3, -0.25) is 0 Å². The molecular formula is C23H21NS2. The summed E-state index contributed by atoms with van der Waals surface area (Å²) in [5.74, 6) is 0. The van der Waals surface area contributed by atoms with Crippen LogP contribution in [0.3, 0.4) is 0 Å². The van der Waals surface area contributed by atoms with Crippen LogP contribution in [0.2, 0.25) is 0 Å². The molecule has 4 rings (SSSR count). The molecule has 0 aromatic heterocycles. The molecule has 2 aliphatic rings. The maximum absolute atomic E-state index is 5.64. The van der Waals surface area contributed by atoms with Gasteiger partial charge >= 0.3 is 0 Å². The van der Waals surface area contributed by atoms with Gasteiger partial charge in [-0.25, -0.2) is 0 Å². The molecule has 1 fully saturated rings. The molecule has 1 nitrogen and oxygen atoms in total. The van der Waals surface area contributed by atoms with E-state index in [1.165, 1.54) is 26.6 Å². The molecule has 1 atom stereocenters. The fourth-order valence-electron chi connectivity index (χ4n) is 3.36. The van der Waals surface area contributed by atoms with E-state index >= 15 is 0 Å². The third-order valence-electron chi connectivity index (χ3n) is 4.96. The Labute approximate surface area is 165 Å². The van der Waals surface area contributed by atoms with E-state index in [9.17, 15) is 0 Å². The Balaban J connectivity index is 1.54. The summed E-state index contributed by atoms with van der Waals surface area (Å²) in [5, 5.41) is 1.23. The van der Waals surface area contributed by atoms with Crippen LogP contribution >= 0.6 is 24.0 Å². The highest BCUT2D eigenvalue weighted by Gasteiger charge is 2.33. The normalized spacial score (nSPS) is 20.6. The van der Waals surface area contributed by atoms with Crippen molar-refractivity contribution in [3.8, 4) is 0 Å². The first-order valence-electron chi connectivity index (χ1n) is 8.81. The van der Waals surface area contributed by atoms with Crippen molar-refractivity contribution in [3.05, 3.63) is 99.4 Å². The van der Waals surface area contributed by atoms with Crippen LogP contribution in [-0.4, -0.2) is 22.9 Å².